The van der Waals surface area contributed by atoms with Gasteiger partial charge in [0.25, 0.3) is 5.91 Å². The summed E-state index contributed by atoms with van der Waals surface area (Å²) < 4.78 is 0. The number of nitrogens with one attached hydrogen (secondary N) is 1. The molecule has 0 saturated carbocycles. The summed E-state index contributed by atoms with van der Waals surface area (Å²) in [6.07, 6.45) is 1.61. The summed E-state index contributed by atoms with van der Waals surface area (Å²) in [5.74, 6) is -0.561. The second kappa shape index (κ2) is 5.72. The van der Waals surface area contributed by atoms with Crippen LogP contribution >= 0.6 is 23.2 Å². The highest BCUT2D eigenvalue weighted by Crippen LogP contribution is 2.37. The molecule has 0 aromatic heterocycles. The monoisotopic (exact) mass is 347 g/mol. The Morgan fingerprint density at radius 2 is 1.83 bits per heavy atom. The number of ketones is 1. The van der Waals surface area contributed by atoms with Gasteiger partial charge in [-0.3, -0.25) is 9.59 Å². The van der Waals surface area contributed by atoms with Gasteiger partial charge in [0, 0.05) is 22.4 Å². The number of aromatic hydroxyl groups is 1. The van der Waals surface area contributed by atoms with E-state index in [2.05, 4.69) is 5.32 Å². The van der Waals surface area contributed by atoms with E-state index in [0.29, 0.717) is 28.0 Å². The normalized spacial score (nSPS) is 14.7. The number of hydrogen-bond acceptors (Lipinski definition) is 3. The van der Waals surface area contributed by atoms with E-state index in [1.165, 1.54) is 19.1 Å². The van der Waals surface area contributed by atoms with Crippen LogP contribution < -0.4 is 5.32 Å². The van der Waals surface area contributed by atoms with Gasteiger partial charge in [-0.2, -0.15) is 0 Å². The van der Waals surface area contributed by atoms with E-state index in [1.807, 2.05) is 0 Å². The van der Waals surface area contributed by atoms with Crippen LogP contribution in [0, 0.1) is 0 Å². The minimum absolute atomic E-state index is 0.0813. The Morgan fingerprint density at radius 1 is 1.17 bits per heavy atom. The molecule has 0 atom stereocenters. The molecule has 0 unspecified atom stereocenters. The van der Waals surface area contributed by atoms with Crippen molar-refractivity contribution >= 4 is 52.2 Å². The number of phenolic OH excluding ortho intramolecular Hbond substituents is 1. The molecule has 0 radical (unpaired) electrons. The van der Waals surface area contributed by atoms with Crippen molar-refractivity contribution in [1.29, 1.82) is 0 Å². The molecule has 1 amide bonds. The Hall–Kier alpha value is -2.30. The van der Waals surface area contributed by atoms with Crippen LogP contribution in [-0.2, 0) is 4.79 Å². The standard InChI is InChI=1S/C17H11Cl2NO3/c1-8(21)10-2-3-15-11(7-10)12(17(23)20-15)4-9-5-13(18)16(22)14(19)6-9/h2-7,22H,1H3,(H,20,23). The van der Waals surface area contributed by atoms with Crippen LogP contribution in [0.1, 0.15) is 28.4 Å². The van der Waals surface area contributed by atoms with Crippen LogP contribution in [0.3, 0.4) is 0 Å². The zero-order chi connectivity index (χ0) is 16.7. The highest BCUT2D eigenvalue weighted by molar-refractivity contribution is 6.38. The van der Waals surface area contributed by atoms with Crippen molar-refractivity contribution in [2.24, 2.45) is 0 Å². The molecule has 0 saturated heterocycles. The molecule has 0 aliphatic carbocycles. The minimum atomic E-state index is -0.277. The van der Waals surface area contributed by atoms with Gasteiger partial charge in [-0.15, -0.1) is 0 Å². The van der Waals surface area contributed by atoms with Crippen molar-refractivity contribution < 1.29 is 14.7 Å². The number of rotatable bonds is 2. The third kappa shape index (κ3) is 2.83. The zero-order valence-corrected chi connectivity index (χ0v) is 13.5. The molecule has 1 aliphatic heterocycles. The van der Waals surface area contributed by atoms with E-state index in [9.17, 15) is 14.7 Å². The number of fused-ring (bicyclic) bond motifs is 1. The number of amides is 1. The number of carbonyl (C=O) groups excluding carboxylic acids is 2. The third-order valence-corrected chi connectivity index (χ3v) is 4.14. The van der Waals surface area contributed by atoms with Gasteiger partial charge in [0.05, 0.1) is 10.0 Å². The Kier molecular flexibility index (Phi) is 3.88. The Balaban J connectivity index is 2.13. The Labute approximate surface area is 142 Å². The van der Waals surface area contributed by atoms with Crippen LogP contribution in [0.15, 0.2) is 30.3 Å². The maximum absolute atomic E-state index is 12.2. The summed E-state index contributed by atoms with van der Waals surface area (Å²) in [5, 5.41) is 12.5. The summed E-state index contributed by atoms with van der Waals surface area (Å²) in [6.45, 7) is 1.47. The third-order valence-electron chi connectivity index (χ3n) is 3.56. The lowest BCUT2D eigenvalue weighted by atomic mass is 10.0. The lowest BCUT2D eigenvalue weighted by molar-refractivity contribution is -0.110. The first-order chi connectivity index (χ1) is 10.9. The molecule has 1 aliphatic rings. The van der Waals surface area contributed by atoms with E-state index in [1.54, 1.807) is 24.3 Å². The molecule has 0 spiro atoms. The average molecular weight is 348 g/mol. The molecule has 1 heterocycles. The van der Waals surface area contributed by atoms with Crippen molar-refractivity contribution in [3.05, 3.63) is 57.1 Å². The van der Waals surface area contributed by atoms with Gasteiger partial charge < -0.3 is 10.4 Å². The van der Waals surface area contributed by atoms with E-state index in [0.717, 1.165) is 0 Å². The fourth-order valence-corrected chi connectivity index (χ4v) is 2.89. The SMILES string of the molecule is CC(=O)c1ccc2c(c1)C(=Cc1cc(Cl)c(O)c(Cl)c1)C(=O)N2. The topological polar surface area (TPSA) is 66.4 Å². The molecule has 23 heavy (non-hydrogen) atoms. The van der Waals surface area contributed by atoms with Gasteiger partial charge in [0.1, 0.15) is 0 Å². The number of anilines is 1. The van der Waals surface area contributed by atoms with Gasteiger partial charge in [0.2, 0.25) is 0 Å². The predicted molar refractivity (Wildman–Crippen MR) is 91.1 cm³/mol. The maximum atomic E-state index is 12.2. The molecule has 2 aromatic rings. The highest BCUT2D eigenvalue weighted by atomic mass is 35.5. The second-order valence-electron chi connectivity index (χ2n) is 5.16. The number of benzene rings is 2. The minimum Gasteiger partial charge on any atom is -0.505 e. The second-order valence-corrected chi connectivity index (χ2v) is 5.98. The summed E-state index contributed by atoms with van der Waals surface area (Å²) in [6, 6.07) is 8.05. The number of carbonyl (C=O) groups is 2. The fourth-order valence-electron chi connectivity index (χ4n) is 2.39. The van der Waals surface area contributed by atoms with Gasteiger partial charge in [-0.1, -0.05) is 23.2 Å². The first-order valence-electron chi connectivity index (χ1n) is 6.73. The van der Waals surface area contributed by atoms with E-state index in [4.69, 9.17) is 23.2 Å². The van der Waals surface area contributed by atoms with Crippen LogP contribution in [0.5, 0.6) is 5.75 Å². The molecule has 2 N–H and O–H groups in total. The lowest BCUT2D eigenvalue weighted by Crippen LogP contribution is -2.03. The van der Waals surface area contributed by atoms with Crippen molar-refractivity contribution in [2.45, 2.75) is 6.92 Å². The first kappa shape index (κ1) is 15.6. The van der Waals surface area contributed by atoms with Crippen LogP contribution in [0.4, 0.5) is 5.69 Å². The molecule has 116 valence electrons. The van der Waals surface area contributed by atoms with Crippen molar-refractivity contribution in [3.63, 3.8) is 0 Å². The summed E-state index contributed by atoms with van der Waals surface area (Å²) in [7, 11) is 0. The quantitative estimate of drug-likeness (QED) is 0.625. The zero-order valence-electron chi connectivity index (χ0n) is 12.0. The summed E-state index contributed by atoms with van der Waals surface area (Å²) in [5.41, 5.74) is 2.78. The van der Waals surface area contributed by atoms with Crippen molar-refractivity contribution in [3.8, 4) is 5.75 Å². The fraction of sp³-hybridized carbons (Fsp3) is 0.0588. The Morgan fingerprint density at radius 3 is 2.43 bits per heavy atom. The first-order valence-corrected chi connectivity index (χ1v) is 7.49. The van der Waals surface area contributed by atoms with Gasteiger partial charge in [-0.05, 0) is 48.9 Å². The summed E-state index contributed by atoms with van der Waals surface area (Å²) >= 11 is 11.8. The van der Waals surface area contributed by atoms with Crippen molar-refractivity contribution in [1.82, 2.24) is 0 Å². The molecular formula is C17H11Cl2NO3. The van der Waals surface area contributed by atoms with Gasteiger partial charge >= 0.3 is 0 Å². The molecule has 0 bridgehead atoms. The van der Waals surface area contributed by atoms with E-state index in [-0.39, 0.29) is 27.5 Å². The van der Waals surface area contributed by atoms with Gasteiger partial charge in [0.15, 0.2) is 11.5 Å². The summed E-state index contributed by atoms with van der Waals surface area (Å²) in [4.78, 5) is 23.7. The molecule has 0 fully saturated rings. The molecule has 6 heteroatoms. The smallest absolute Gasteiger partial charge is 0.256 e. The predicted octanol–water partition coefficient (Wildman–Crippen LogP) is 4.39. The molecule has 3 rings (SSSR count). The Bertz CT molecular complexity index is 864. The van der Waals surface area contributed by atoms with Crippen LogP contribution in [0.25, 0.3) is 11.6 Å². The van der Waals surface area contributed by atoms with Gasteiger partial charge in [-0.25, -0.2) is 0 Å². The van der Waals surface area contributed by atoms with Crippen LogP contribution in [0.2, 0.25) is 10.0 Å². The lowest BCUT2D eigenvalue weighted by Gasteiger charge is -2.04. The van der Waals surface area contributed by atoms with E-state index < -0.39 is 0 Å². The van der Waals surface area contributed by atoms with Crippen LogP contribution in [-0.4, -0.2) is 16.8 Å². The largest absolute Gasteiger partial charge is 0.505 e. The maximum Gasteiger partial charge on any atom is 0.256 e. The number of hydrogen-bond donors (Lipinski definition) is 2. The number of Topliss-reactive ketones (excluding diaryl/α,β-unsaturated/α-hetero) is 1. The average Bonchev–Trinajstić information content (AvgIpc) is 2.80. The van der Waals surface area contributed by atoms with Crippen molar-refractivity contribution in [2.75, 3.05) is 5.32 Å². The molecule has 4 nitrogen and oxygen atoms in total. The number of phenols is 1. The highest BCUT2D eigenvalue weighted by Gasteiger charge is 2.25. The molecular weight excluding hydrogens is 337 g/mol. The number of halogens is 2. The van der Waals surface area contributed by atoms with E-state index >= 15 is 0 Å². The molecule has 2 aromatic carbocycles.